The van der Waals surface area contributed by atoms with Crippen molar-refractivity contribution in [2.24, 2.45) is 5.73 Å². The van der Waals surface area contributed by atoms with Gasteiger partial charge >= 0.3 is 0 Å². The molecule has 1 aliphatic heterocycles. The van der Waals surface area contributed by atoms with Crippen LogP contribution >= 0.6 is 0 Å². The molecule has 0 aliphatic carbocycles. The Kier molecular flexibility index (Phi) is 3.97. The van der Waals surface area contributed by atoms with E-state index in [1.165, 1.54) is 24.9 Å². The molecule has 2 atom stereocenters. The number of hydrogen-bond donors (Lipinski definition) is 1. The third kappa shape index (κ3) is 3.06. The second-order valence-corrected chi connectivity index (χ2v) is 4.97. The summed E-state index contributed by atoms with van der Waals surface area (Å²) in [7, 11) is 0. The van der Waals surface area contributed by atoms with Crippen LogP contribution in [0.5, 0.6) is 0 Å². The molecule has 0 radical (unpaired) electrons. The van der Waals surface area contributed by atoms with Crippen molar-refractivity contribution in [3.05, 3.63) is 35.9 Å². The molecule has 1 fully saturated rings. The molecule has 1 aromatic rings. The Morgan fingerprint density at radius 2 is 2.12 bits per heavy atom. The maximum absolute atomic E-state index is 6.00. The van der Waals surface area contributed by atoms with Crippen LogP contribution in [0.3, 0.4) is 0 Å². The second kappa shape index (κ2) is 5.46. The van der Waals surface area contributed by atoms with Crippen molar-refractivity contribution in [2.45, 2.75) is 31.7 Å². The highest BCUT2D eigenvalue weighted by atomic mass is 15.1. The van der Waals surface area contributed by atoms with Crippen LogP contribution in [0, 0.1) is 0 Å². The second-order valence-electron chi connectivity index (χ2n) is 4.97. The topological polar surface area (TPSA) is 29.3 Å². The minimum Gasteiger partial charge on any atom is -0.327 e. The molecular weight excluding hydrogens is 196 g/mol. The third-order valence-corrected chi connectivity index (χ3v) is 3.44. The van der Waals surface area contributed by atoms with Gasteiger partial charge in [0.05, 0.1) is 0 Å². The van der Waals surface area contributed by atoms with Crippen LogP contribution in [0.25, 0.3) is 0 Å². The van der Waals surface area contributed by atoms with E-state index < -0.39 is 0 Å². The molecule has 1 heterocycles. The zero-order chi connectivity index (χ0) is 11.4. The average molecular weight is 218 g/mol. The predicted molar refractivity (Wildman–Crippen MR) is 68.5 cm³/mol. The van der Waals surface area contributed by atoms with E-state index in [2.05, 4.69) is 42.2 Å². The summed E-state index contributed by atoms with van der Waals surface area (Å²) >= 11 is 0. The molecule has 16 heavy (non-hydrogen) atoms. The van der Waals surface area contributed by atoms with Crippen LogP contribution in [0.2, 0.25) is 0 Å². The third-order valence-electron chi connectivity index (χ3n) is 3.44. The summed E-state index contributed by atoms with van der Waals surface area (Å²) in [6.45, 7) is 5.72. The van der Waals surface area contributed by atoms with E-state index in [1.54, 1.807) is 0 Å². The lowest BCUT2D eigenvalue weighted by molar-refractivity contribution is 0.200. The molecule has 0 amide bonds. The molecule has 1 saturated heterocycles. The van der Waals surface area contributed by atoms with Crippen molar-refractivity contribution in [3.8, 4) is 0 Å². The molecule has 2 rings (SSSR count). The lowest BCUT2D eigenvalue weighted by atomic mass is 9.99. The Morgan fingerprint density at radius 3 is 2.81 bits per heavy atom. The summed E-state index contributed by atoms with van der Waals surface area (Å²) in [6.07, 6.45) is 2.44. The minimum atomic E-state index is 0.386. The van der Waals surface area contributed by atoms with E-state index >= 15 is 0 Å². The van der Waals surface area contributed by atoms with E-state index in [1.807, 2.05) is 0 Å². The first-order chi connectivity index (χ1) is 7.75. The maximum atomic E-state index is 6.00. The van der Waals surface area contributed by atoms with Gasteiger partial charge in [-0.05, 0) is 30.9 Å². The number of rotatable bonds is 3. The molecule has 0 saturated carbocycles. The first-order valence-corrected chi connectivity index (χ1v) is 6.28. The highest BCUT2D eigenvalue weighted by Gasteiger charge is 2.18. The SMILES string of the molecule is C[C@H](CN1CCC[C@@H](N)C1)c1ccccc1. The normalized spacial score (nSPS) is 24.2. The molecule has 2 nitrogen and oxygen atoms in total. The van der Waals surface area contributed by atoms with Crippen LogP contribution < -0.4 is 5.73 Å². The number of nitrogens with two attached hydrogens (primary N) is 1. The predicted octanol–water partition coefficient (Wildman–Crippen LogP) is 2.21. The summed E-state index contributed by atoms with van der Waals surface area (Å²) in [4.78, 5) is 2.51. The van der Waals surface area contributed by atoms with Gasteiger partial charge in [-0.3, -0.25) is 0 Å². The summed E-state index contributed by atoms with van der Waals surface area (Å²) in [5.74, 6) is 0.603. The summed E-state index contributed by atoms with van der Waals surface area (Å²) in [6, 6.07) is 11.1. The fourth-order valence-electron chi connectivity index (χ4n) is 2.53. The molecule has 88 valence electrons. The average Bonchev–Trinajstić information content (AvgIpc) is 2.30. The van der Waals surface area contributed by atoms with Gasteiger partial charge in [0, 0.05) is 19.1 Å². The van der Waals surface area contributed by atoms with Gasteiger partial charge in [0.1, 0.15) is 0 Å². The van der Waals surface area contributed by atoms with Crippen LogP contribution in [0.1, 0.15) is 31.2 Å². The largest absolute Gasteiger partial charge is 0.327 e. The van der Waals surface area contributed by atoms with Crippen molar-refractivity contribution in [2.75, 3.05) is 19.6 Å². The van der Waals surface area contributed by atoms with Crippen molar-refractivity contribution >= 4 is 0 Å². The molecular formula is C14H22N2. The lowest BCUT2D eigenvalue weighted by Gasteiger charge is -2.32. The van der Waals surface area contributed by atoms with Crippen molar-refractivity contribution < 1.29 is 0 Å². The Balaban J connectivity index is 1.89. The number of piperidine rings is 1. The number of hydrogen-bond acceptors (Lipinski definition) is 2. The van der Waals surface area contributed by atoms with Crippen LogP contribution in [0.15, 0.2) is 30.3 Å². The van der Waals surface area contributed by atoms with Gasteiger partial charge in [0.15, 0.2) is 0 Å². The van der Waals surface area contributed by atoms with Gasteiger partial charge in [-0.25, -0.2) is 0 Å². The Hall–Kier alpha value is -0.860. The highest BCUT2D eigenvalue weighted by Crippen LogP contribution is 2.18. The molecule has 1 aromatic carbocycles. The van der Waals surface area contributed by atoms with Gasteiger partial charge in [-0.1, -0.05) is 37.3 Å². The zero-order valence-electron chi connectivity index (χ0n) is 10.1. The quantitative estimate of drug-likeness (QED) is 0.843. The van der Waals surface area contributed by atoms with Crippen molar-refractivity contribution in [1.82, 2.24) is 4.90 Å². The lowest BCUT2D eigenvalue weighted by Crippen LogP contribution is -2.44. The molecule has 0 aromatic heterocycles. The van der Waals surface area contributed by atoms with Gasteiger partial charge < -0.3 is 10.6 Å². The number of benzene rings is 1. The fourth-order valence-corrected chi connectivity index (χ4v) is 2.53. The first kappa shape index (κ1) is 11.6. The molecule has 0 bridgehead atoms. The summed E-state index contributed by atoms with van der Waals surface area (Å²) in [5, 5.41) is 0. The van der Waals surface area contributed by atoms with Gasteiger partial charge in [-0.2, -0.15) is 0 Å². The van der Waals surface area contributed by atoms with Gasteiger partial charge in [0.25, 0.3) is 0 Å². The van der Waals surface area contributed by atoms with E-state index in [0.717, 1.165) is 13.1 Å². The Morgan fingerprint density at radius 1 is 1.38 bits per heavy atom. The highest BCUT2D eigenvalue weighted by molar-refractivity contribution is 5.19. The van der Waals surface area contributed by atoms with E-state index in [0.29, 0.717) is 12.0 Å². The van der Waals surface area contributed by atoms with Crippen LogP contribution in [0.4, 0.5) is 0 Å². The Labute approximate surface area is 98.4 Å². The standard InChI is InChI=1S/C14H22N2/c1-12(13-6-3-2-4-7-13)10-16-9-5-8-14(15)11-16/h2-4,6-7,12,14H,5,8-11,15H2,1H3/t12-,14-/m1/s1. The molecule has 0 unspecified atom stereocenters. The number of nitrogens with zero attached hydrogens (tertiary/aromatic N) is 1. The van der Waals surface area contributed by atoms with E-state index in [4.69, 9.17) is 5.73 Å². The smallest absolute Gasteiger partial charge is 0.0168 e. The minimum absolute atomic E-state index is 0.386. The molecule has 2 heteroatoms. The first-order valence-electron chi connectivity index (χ1n) is 6.28. The van der Waals surface area contributed by atoms with Crippen LogP contribution in [-0.2, 0) is 0 Å². The van der Waals surface area contributed by atoms with E-state index in [-0.39, 0.29) is 0 Å². The number of likely N-dealkylation sites (tertiary alicyclic amines) is 1. The van der Waals surface area contributed by atoms with Gasteiger partial charge in [0.2, 0.25) is 0 Å². The fraction of sp³-hybridized carbons (Fsp3) is 0.571. The Bertz CT molecular complexity index is 310. The zero-order valence-corrected chi connectivity index (χ0v) is 10.1. The monoisotopic (exact) mass is 218 g/mol. The summed E-state index contributed by atoms with van der Waals surface area (Å²) < 4.78 is 0. The molecule has 0 spiro atoms. The molecule has 2 N–H and O–H groups in total. The molecule has 1 aliphatic rings. The van der Waals surface area contributed by atoms with Crippen molar-refractivity contribution in [1.29, 1.82) is 0 Å². The van der Waals surface area contributed by atoms with Crippen LogP contribution in [-0.4, -0.2) is 30.6 Å². The van der Waals surface area contributed by atoms with Gasteiger partial charge in [-0.15, -0.1) is 0 Å². The maximum Gasteiger partial charge on any atom is 0.0168 e. The van der Waals surface area contributed by atoms with E-state index in [9.17, 15) is 0 Å². The van der Waals surface area contributed by atoms with Crippen molar-refractivity contribution in [3.63, 3.8) is 0 Å². The summed E-state index contributed by atoms with van der Waals surface area (Å²) in [5.41, 5.74) is 7.43.